The SMILES string of the molecule is CCNC(=O)Nc1cc2cccc(Nc3cccc(NC(C)=O)c3)c2cn1. The summed E-state index contributed by atoms with van der Waals surface area (Å²) in [5.74, 6) is 0.368. The molecule has 138 valence electrons. The lowest BCUT2D eigenvalue weighted by Gasteiger charge is -2.12. The Labute approximate surface area is 157 Å². The Hall–Kier alpha value is -3.61. The number of fused-ring (bicyclic) bond motifs is 1. The maximum absolute atomic E-state index is 11.7. The number of hydrogen-bond acceptors (Lipinski definition) is 4. The van der Waals surface area contributed by atoms with Crippen LogP contribution in [0.5, 0.6) is 0 Å². The maximum Gasteiger partial charge on any atom is 0.320 e. The van der Waals surface area contributed by atoms with E-state index in [1.807, 2.05) is 55.5 Å². The Morgan fingerprint density at radius 2 is 1.78 bits per heavy atom. The van der Waals surface area contributed by atoms with Gasteiger partial charge in [-0.2, -0.15) is 0 Å². The van der Waals surface area contributed by atoms with E-state index >= 15 is 0 Å². The summed E-state index contributed by atoms with van der Waals surface area (Å²) in [6.45, 7) is 3.88. The maximum atomic E-state index is 11.7. The number of carbonyl (C=O) groups is 2. The summed E-state index contributed by atoms with van der Waals surface area (Å²) in [6, 6.07) is 14.9. The summed E-state index contributed by atoms with van der Waals surface area (Å²) in [5.41, 5.74) is 2.45. The average molecular weight is 363 g/mol. The molecule has 7 heteroatoms. The van der Waals surface area contributed by atoms with Crippen LogP contribution in [0.25, 0.3) is 10.8 Å². The zero-order valence-corrected chi connectivity index (χ0v) is 15.2. The molecule has 2 aromatic carbocycles. The van der Waals surface area contributed by atoms with Gasteiger partial charge in [0.1, 0.15) is 5.82 Å². The molecular weight excluding hydrogens is 342 g/mol. The molecule has 4 N–H and O–H groups in total. The largest absolute Gasteiger partial charge is 0.355 e. The average Bonchev–Trinajstić information content (AvgIpc) is 2.62. The van der Waals surface area contributed by atoms with E-state index in [0.717, 1.165) is 27.8 Å². The fourth-order valence-electron chi connectivity index (χ4n) is 2.70. The van der Waals surface area contributed by atoms with Crippen LogP contribution >= 0.6 is 0 Å². The van der Waals surface area contributed by atoms with Crippen molar-refractivity contribution in [1.29, 1.82) is 0 Å². The Kier molecular flexibility index (Phi) is 5.51. The monoisotopic (exact) mass is 363 g/mol. The zero-order valence-electron chi connectivity index (χ0n) is 15.2. The smallest absolute Gasteiger partial charge is 0.320 e. The number of aromatic nitrogens is 1. The van der Waals surface area contributed by atoms with Gasteiger partial charge in [0.2, 0.25) is 5.91 Å². The van der Waals surface area contributed by atoms with Crippen molar-refractivity contribution in [3.05, 3.63) is 54.7 Å². The molecule has 1 aromatic heterocycles. The molecule has 0 aliphatic heterocycles. The quantitative estimate of drug-likeness (QED) is 0.549. The second-order valence-corrected chi connectivity index (χ2v) is 5.97. The van der Waals surface area contributed by atoms with E-state index in [2.05, 4.69) is 26.3 Å². The highest BCUT2D eigenvalue weighted by molar-refractivity contribution is 5.98. The zero-order chi connectivity index (χ0) is 19.2. The van der Waals surface area contributed by atoms with E-state index in [4.69, 9.17) is 0 Å². The molecule has 27 heavy (non-hydrogen) atoms. The van der Waals surface area contributed by atoms with Gasteiger partial charge in [-0.15, -0.1) is 0 Å². The minimum atomic E-state index is -0.284. The topological polar surface area (TPSA) is 95.1 Å². The van der Waals surface area contributed by atoms with Crippen LogP contribution in [0.2, 0.25) is 0 Å². The number of hydrogen-bond donors (Lipinski definition) is 4. The number of carbonyl (C=O) groups excluding carboxylic acids is 2. The van der Waals surface area contributed by atoms with Gasteiger partial charge in [0.05, 0.1) is 0 Å². The van der Waals surface area contributed by atoms with Crippen LogP contribution in [0.15, 0.2) is 54.7 Å². The van der Waals surface area contributed by atoms with Crippen LogP contribution in [0, 0.1) is 0 Å². The van der Waals surface area contributed by atoms with Crippen molar-refractivity contribution in [3.8, 4) is 0 Å². The molecule has 0 saturated carbocycles. The summed E-state index contributed by atoms with van der Waals surface area (Å²) in [7, 11) is 0. The molecule has 0 radical (unpaired) electrons. The van der Waals surface area contributed by atoms with Gasteiger partial charge < -0.3 is 16.0 Å². The molecular formula is C20H21N5O2. The Bertz CT molecular complexity index is 987. The minimum Gasteiger partial charge on any atom is -0.355 e. The normalized spacial score (nSPS) is 10.3. The van der Waals surface area contributed by atoms with Crippen molar-refractivity contribution in [1.82, 2.24) is 10.3 Å². The number of nitrogens with one attached hydrogen (secondary N) is 4. The van der Waals surface area contributed by atoms with Crippen molar-refractivity contribution in [3.63, 3.8) is 0 Å². The Morgan fingerprint density at radius 1 is 1.00 bits per heavy atom. The van der Waals surface area contributed by atoms with Crippen molar-refractivity contribution in [2.45, 2.75) is 13.8 Å². The predicted molar refractivity (Wildman–Crippen MR) is 108 cm³/mol. The fourth-order valence-corrected chi connectivity index (χ4v) is 2.70. The number of benzene rings is 2. The van der Waals surface area contributed by atoms with Gasteiger partial charge in [0, 0.05) is 42.1 Å². The molecule has 7 nitrogen and oxygen atoms in total. The molecule has 1 heterocycles. The lowest BCUT2D eigenvalue weighted by Crippen LogP contribution is -2.28. The Balaban J connectivity index is 1.85. The van der Waals surface area contributed by atoms with Gasteiger partial charge in [-0.3, -0.25) is 10.1 Å². The number of pyridine rings is 1. The van der Waals surface area contributed by atoms with Gasteiger partial charge in [-0.05, 0) is 42.6 Å². The number of nitrogens with zero attached hydrogens (tertiary/aromatic N) is 1. The molecule has 0 saturated heterocycles. The van der Waals surface area contributed by atoms with E-state index in [9.17, 15) is 9.59 Å². The van der Waals surface area contributed by atoms with E-state index in [1.165, 1.54) is 6.92 Å². The van der Waals surface area contributed by atoms with Crippen LogP contribution in [-0.4, -0.2) is 23.5 Å². The summed E-state index contributed by atoms with van der Waals surface area (Å²) in [5, 5.41) is 13.4. The Morgan fingerprint density at radius 3 is 2.56 bits per heavy atom. The minimum absolute atomic E-state index is 0.117. The van der Waals surface area contributed by atoms with Gasteiger partial charge in [-0.1, -0.05) is 18.2 Å². The van der Waals surface area contributed by atoms with E-state index in [0.29, 0.717) is 12.4 Å². The highest BCUT2D eigenvalue weighted by Crippen LogP contribution is 2.28. The van der Waals surface area contributed by atoms with Crippen LogP contribution in [0.3, 0.4) is 0 Å². The predicted octanol–water partition coefficient (Wildman–Crippen LogP) is 4.08. The van der Waals surface area contributed by atoms with Gasteiger partial charge in [0.25, 0.3) is 0 Å². The summed E-state index contributed by atoms with van der Waals surface area (Å²) < 4.78 is 0. The van der Waals surface area contributed by atoms with Crippen LogP contribution in [0.1, 0.15) is 13.8 Å². The van der Waals surface area contributed by atoms with E-state index < -0.39 is 0 Å². The van der Waals surface area contributed by atoms with Gasteiger partial charge >= 0.3 is 6.03 Å². The molecule has 0 aliphatic rings. The lowest BCUT2D eigenvalue weighted by atomic mass is 10.1. The van der Waals surface area contributed by atoms with E-state index in [1.54, 1.807) is 6.20 Å². The molecule has 3 amide bonds. The first-order valence-corrected chi connectivity index (χ1v) is 8.63. The van der Waals surface area contributed by atoms with Crippen molar-refractivity contribution < 1.29 is 9.59 Å². The molecule has 3 aromatic rings. The van der Waals surface area contributed by atoms with Crippen molar-refractivity contribution >= 4 is 45.6 Å². The van der Waals surface area contributed by atoms with Gasteiger partial charge in [0.15, 0.2) is 0 Å². The molecule has 0 spiro atoms. The van der Waals surface area contributed by atoms with E-state index in [-0.39, 0.29) is 11.9 Å². The van der Waals surface area contributed by atoms with Crippen LogP contribution in [-0.2, 0) is 4.79 Å². The lowest BCUT2D eigenvalue weighted by molar-refractivity contribution is -0.114. The highest BCUT2D eigenvalue weighted by atomic mass is 16.2. The molecule has 0 bridgehead atoms. The first kappa shape index (κ1) is 18.2. The third kappa shape index (κ3) is 4.72. The molecule has 3 rings (SSSR count). The molecule has 0 unspecified atom stereocenters. The molecule has 0 fully saturated rings. The van der Waals surface area contributed by atoms with Gasteiger partial charge in [-0.25, -0.2) is 9.78 Å². The fraction of sp³-hybridized carbons (Fsp3) is 0.150. The molecule has 0 atom stereocenters. The first-order valence-electron chi connectivity index (χ1n) is 8.63. The second-order valence-electron chi connectivity index (χ2n) is 5.97. The summed E-state index contributed by atoms with van der Waals surface area (Å²) >= 11 is 0. The third-order valence-electron chi connectivity index (χ3n) is 3.81. The number of anilines is 4. The first-order chi connectivity index (χ1) is 13.0. The third-order valence-corrected chi connectivity index (χ3v) is 3.81. The second kappa shape index (κ2) is 8.18. The standard InChI is InChI=1S/C20H21N5O2/c1-3-21-20(27)25-19-10-14-6-4-9-18(17(14)12-22-19)24-16-8-5-7-15(11-16)23-13(2)26/h4-12,24H,3H2,1-2H3,(H,23,26)(H2,21,22,25,27). The van der Waals surface area contributed by atoms with Crippen molar-refractivity contribution in [2.75, 3.05) is 22.5 Å². The van der Waals surface area contributed by atoms with Crippen LogP contribution in [0.4, 0.5) is 27.7 Å². The van der Waals surface area contributed by atoms with Crippen molar-refractivity contribution in [2.24, 2.45) is 0 Å². The molecule has 0 aliphatic carbocycles. The number of amides is 3. The summed E-state index contributed by atoms with van der Waals surface area (Å²) in [6.07, 6.45) is 1.72. The highest BCUT2D eigenvalue weighted by Gasteiger charge is 2.06. The summed E-state index contributed by atoms with van der Waals surface area (Å²) in [4.78, 5) is 27.2. The number of rotatable bonds is 5. The number of urea groups is 1. The van der Waals surface area contributed by atoms with Crippen LogP contribution < -0.4 is 21.3 Å².